The summed E-state index contributed by atoms with van der Waals surface area (Å²) in [5, 5.41) is 11.2. The number of aryl methyl sites for hydroxylation is 1. The third kappa shape index (κ3) is 5.22. The van der Waals surface area contributed by atoms with E-state index in [4.69, 9.17) is 4.74 Å². The van der Waals surface area contributed by atoms with Gasteiger partial charge in [0.2, 0.25) is 0 Å². The Morgan fingerprint density at radius 1 is 0.946 bits per heavy atom. The first-order chi connectivity index (χ1) is 18.0. The Kier molecular flexibility index (Phi) is 7.23. The molecule has 4 aromatic rings. The molecule has 1 fully saturated rings. The van der Waals surface area contributed by atoms with Crippen LogP contribution in [0.5, 0.6) is 11.5 Å². The van der Waals surface area contributed by atoms with Gasteiger partial charge in [0.1, 0.15) is 17.3 Å². The van der Waals surface area contributed by atoms with E-state index < -0.39 is 6.04 Å². The van der Waals surface area contributed by atoms with Crippen LogP contribution in [0.1, 0.15) is 28.4 Å². The average molecular weight is 497 g/mol. The predicted octanol–water partition coefficient (Wildman–Crippen LogP) is 4.23. The quantitative estimate of drug-likeness (QED) is 0.413. The molecule has 5 rings (SSSR count). The van der Waals surface area contributed by atoms with Crippen molar-refractivity contribution in [3.05, 3.63) is 118 Å². The Bertz CT molecular complexity index is 1380. The first-order valence-electron chi connectivity index (χ1n) is 12.6. The summed E-state index contributed by atoms with van der Waals surface area (Å²) in [4.78, 5) is 23.0. The van der Waals surface area contributed by atoms with Gasteiger partial charge in [-0.2, -0.15) is 0 Å². The molecule has 1 aliphatic heterocycles. The molecule has 1 atom stereocenters. The number of ether oxygens (including phenoxy) is 1. The van der Waals surface area contributed by atoms with Gasteiger partial charge in [0.15, 0.2) is 0 Å². The van der Waals surface area contributed by atoms with Gasteiger partial charge in [-0.3, -0.25) is 9.69 Å². The maximum absolute atomic E-state index is 14.0. The van der Waals surface area contributed by atoms with Crippen molar-refractivity contribution in [1.82, 2.24) is 14.5 Å². The molecule has 0 bridgehead atoms. The van der Waals surface area contributed by atoms with Crippen LogP contribution in [0.25, 0.3) is 0 Å². The number of nitrogens with zero attached hydrogens (tertiary/aromatic N) is 4. The lowest BCUT2D eigenvalue weighted by molar-refractivity contribution is 0.207. The maximum Gasteiger partial charge on any atom is 0.259 e. The highest BCUT2D eigenvalue weighted by atomic mass is 16.5. The van der Waals surface area contributed by atoms with Crippen molar-refractivity contribution in [2.45, 2.75) is 19.5 Å². The minimum Gasteiger partial charge on any atom is -0.507 e. The SMILES string of the molecule is COc1ccc([C@@H](c2c(O)cc(C)n(Cc3ccccc3)c2=O)N2CCN(c3ccccn3)CC2)cc1. The van der Waals surface area contributed by atoms with Gasteiger partial charge in [-0.25, -0.2) is 4.98 Å². The van der Waals surface area contributed by atoms with Crippen LogP contribution in [0.15, 0.2) is 89.9 Å². The summed E-state index contributed by atoms with van der Waals surface area (Å²) in [6.07, 6.45) is 1.81. The van der Waals surface area contributed by atoms with Crippen LogP contribution in [0.2, 0.25) is 0 Å². The minimum absolute atomic E-state index is 0.0276. The van der Waals surface area contributed by atoms with Crippen LogP contribution in [-0.2, 0) is 6.54 Å². The molecule has 0 aliphatic carbocycles. The molecule has 0 amide bonds. The second-order valence-electron chi connectivity index (χ2n) is 9.35. The summed E-state index contributed by atoms with van der Waals surface area (Å²) in [6.45, 7) is 5.30. The van der Waals surface area contributed by atoms with Crippen LogP contribution in [0, 0.1) is 6.92 Å². The molecule has 0 spiro atoms. The molecule has 0 radical (unpaired) electrons. The normalized spacial score (nSPS) is 14.9. The number of methoxy groups -OCH3 is 1. The van der Waals surface area contributed by atoms with Crippen LogP contribution >= 0.6 is 0 Å². The smallest absolute Gasteiger partial charge is 0.259 e. The van der Waals surface area contributed by atoms with E-state index >= 15 is 0 Å². The van der Waals surface area contributed by atoms with Gasteiger partial charge in [0, 0.05) is 38.1 Å². The molecule has 0 saturated carbocycles. The van der Waals surface area contributed by atoms with Crippen LogP contribution < -0.4 is 15.2 Å². The van der Waals surface area contributed by atoms with Crippen molar-refractivity contribution in [1.29, 1.82) is 0 Å². The lowest BCUT2D eigenvalue weighted by Gasteiger charge is -2.40. The second-order valence-corrected chi connectivity index (χ2v) is 9.35. The molecular formula is C30H32N4O3. The Balaban J connectivity index is 1.54. The van der Waals surface area contributed by atoms with Crippen molar-refractivity contribution in [3.63, 3.8) is 0 Å². The van der Waals surface area contributed by atoms with Crippen molar-refractivity contribution in [2.75, 3.05) is 38.2 Å². The van der Waals surface area contributed by atoms with E-state index in [-0.39, 0.29) is 11.3 Å². The zero-order valence-corrected chi connectivity index (χ0v) is 21.2. The molecule has 1 saturated heterocycles. The molecule has 1 aliphatic rings. The fourth-order valence-electron chi connectivity index (χ4n) is 5.08. The molecule has 190 valence electrons. The van der Waals surface area contributed by atoms with Gasteiger partial charge >= 0.3 is 0 Å². The van der Waals surface area contributed by atoms with Crippen LogP contribution in [-0.4, -0.2) is 52.8 Å². The minimum atomic E-state index is -0.396. The van der Waals surface area contributed by atoms with Gasteiger partial charge in [-0.15, -0.1) is 0 Å². The third-order valence-corrected chi connectivity index (χ3v) is 7.06. The zero-order valence-electron chi connectivity index (χ0n) is 21.2. The van der Waals surface area contributed by atoms with Crippen molar-refractivity contribution < 1.29 is 9.84 Å². The van der Waals surface area contributed by atoms with E-state index in [9.17, 15) is 9.90 Å². The Morgan fingerprint density at radius 3 is 2.30 bits per heavy atom. The highest BCUT2D eigenvalue weighted by Gasteiger charge is 2.31. The predicted molar refractivity (Wildman–Crippen MR) is 146 cm³/mol. The number of aromatic hydroxyl groups is 1. The lowest BCUT2D eigenvalue weighted by Crippen LogP contribution is -2.49. The highest BCUT2D eigenvalue weighted by Crippen LogP contribution is 2.34. The Hall–Kier alpha value is -4.10. The molecule has 7 nitrogen and oxygen atoms in total. The van der Waals surface area contributed by atoms with E-state index in [1.54, 1.807) is 23.9 Å². The molecule has 2 aromatic carbocycles. The van der Waals surface area contributed by atoms with Gasteiger partial charge in [0.25, 0.3) is 5.56 Å². The highest BCUT2D eigenvalue weighted by molar-refractivity contribution is 5.44. The topological polar surface area (TPSA) is 70.8 Å². The standard InChI is InChI=1S/C30H32N4O3/c1-22-20-26(35)28(30(36)34(22)21-23-8-4-3-5-9-23)29(24-11-13-25(37-2)14-12-24)33-18-16-32(17-19-33)27-10-6-7-15-31-27/h3-15,20,29,35H,16-19,21H2,1-2H3/t29-/m0/s1. The van der Waals surface area contributed by atoms with Crippen molar-refractivity contribution >= 4 is 5.82 Å². The van der Waals surface area contributed by atoms with E-state index in [1.165, 1.54) is 0 Å². The van der Waals surface area contributed by atoms with Crippen molar-refractivity contribution in [2.24, 2.45) is 0 Å². The summed E-state index contributed by atoms with van der Waals surface area (Å²) < 4.78 is 7.12. The number of aromatic nitrogens is 2. The van der Waals surface area contributed by atoms with Gasteiger partial charge in [-0.1, -0.05) is 48.5 Å². The summed E-state index contributed by atoms with van der Waals surface area (Å²) in [7, 11) is 1.64. The molecule has 37 heavy (non-hydrogen) atoms. The molecule has 0 unspecified atom stereocenters. The van der Waals surface area contributed by atoms with Crippen LogP contribution in [0.3, 0.4) is 0 Å². The fraction of sp³-hybridized carbons (Fsp3) is 0.267. The Morgan fingerprint density at radius 2 is 1.65 bits per heavy atom. The number of pyridine rings is 2. The molecule has 3 heterocycles. The van der Waals surface area contributed by atoms with Gasteiger partial charge in [-0.05, 0) is 48.4 Å². The van der Waals surface area contributed by atoms with Crippen molar-refractivity contribution in [3.8, 4) is 11.5 Å². The first-order valence-corrected chi connectivity index (χ1v) is 12.6. The number of hydrogen-bond acceptors (Lipinski definition) is 6. The largest absolute Gasteiger partial charge is 0.507 e. The maximum atomic E-state index is 14.0. The number of anilines is 1. The van der Waals surface area contributed by atoms with Crippen LogP contribution in [0.4, 0.5) is 5.82 Å². The Labute approximate surface area is 217 Å². The zero-order chi connectivity index (χ0) is 25.8. The number of piperazine rings is 1. The van der Waals surface area contributed by atoms with E-state index in [0.29, 0.717) is 12.1 Å². The average Bonchev–Trinajstić information content (AvgIpc) is 2.94. The molecule has 1 N–H and O–H groups in total. The summed E-state index contributed by atoms with van der Waals surface area (Å²) >= 11 is 0. The van der Waals surface area contributed by atoms with E-state index in [0.717, 1.165) is 54.6 Å². The lowest BCUT2D eigenvalue weighted by atomic mass is 9.95. The summed E-state index contributed by atoms with van der Waals surface area (Å²) in [5.74, 6) is 1.73. The number of hydrogen-bond donors (Lipinski definition) is 1. The number of rotatable bonds is 7. The van der Waals surface area contributed by atoms with E-state index in [2.05, 4.69) is 14.8 Å². The van der Waals surface area contributed by atoms with Gasteiger partial charge in [0.05, 0.1) is 25.3 Å². The molecule has 7 heteroatoms. The summed E-state index contributed by atoms with van der Waals surface area (Å²) in [6, 6.07) is 24.9. The van der Waals surface area contributed by atoms with E-state index in [1.807, 2.05) is 79.7 Å². The first kappa shape index (κ1) is 24.6. The molecule has 2 aromatic heterocycles. The second kappa shape index (κ2) is 10.9. The third-order valence-electron chi connectivity index (χ3n) is 7.06. The molecular weight excluding hydrogens is 464 g/mol. The monoisotopic (exact) mass is 496 g/mol. The number of benzene rings is 2. The van der Waals surface area contributed by atoms with Gasteiger partial charge < -0.3 is 19.3 Å². The summed E-state index contributed by atoms with van der Waals surface area (Å²) in [5.41, 5.74) is 2.93. The fourth-order valence-corrected chi connectivity index (χ4v) is 5.08.